The largest absolute Gasteiger partial charge is 0.573 e. The van der Waals surface area contributed by atoms with Crippen LogP contribution in [-0.2, 0) is 6.54 Å². The summed E-state index contributed by atoms with van der Waals surface area (Å²) in [6.45, 7) is 5.71. The number of nitrogens with zero attached hydrogens (tertiary/aromatic N) is 3. The third-order valence-corrected chi connectivity index (χ3v) is 7.93. The summed E-state index contributed by atoms with van der Waals surface area (Å²) < 4.78 is 57.4. The molecule has 1 aliphatic heterocycles. The molecule has 9 heteroatoms. The number of rotatable bonds is 7. The average molecular weight is 578 g/mol. The molecular weight excluding hydrogens is 546 g/mol. The van der Waals surface area contributed by atoms with Crippen LogP contribution in [0.25, 0.3) is 32.9 Å². The zero-order valence-corrected chi connectivity index (χ0v) is 23.1. The minimum Gasteiger partial charge on any atom is -0.406 e. The van der Waals surface area contributed by atoms with Crippen molar-refractivity contribution in [3.8, 4) is 16.9 Å². The zero-order chi connectivity index (χ0) is 29.4. The third kappa shape index (κ3) is 5.86. The van der Waals surface area contributed by atoms with Crippen molar-refractivity contribution in [2.24, 2.45) is 0 Å². The summed E-state index contributed by atoms with van der Waals surface area (Å²) in [4.78, 5) is 4.65. The molecule has 2 heterocycles. The Bertz CT molecular complexity index is 1670. The van der Waals surface area contributed by atoms with Gasteiger partial charge in [-0.15, -0.1) is 13.2 Å². The minimum absolute atomic E-state index is 0.241. The normalized spacial score (nSPS) is 16.6. The SMILES string of the molecule is CC(O)C(N1CCN(Cc2ccc(F)cc2)CC1)n1c2ccccc2c2cc(-c3ccc(OC(F)(F)F)cc3)ccc21. The molecule has 2 unspecified atom stereocenters. The first-order valence-electron chi connectivity index (χ1n) is 13.9. The average Bonchev–Trinajstić information content (AvgIpc) is 3.28. The summed E-state index contributed by atoms with van der Waals surface area (Å²) >= 11 is 0. The second-order valence-electron chi connectivity index (χ2n) is 10.8. The van der Waals surface area contributed by atoms with Crippen molar-refractivity contribution in [2.75, 3.05) is 26.2 Å². The lowest BCUT2D eigenvalue weighted by Crippen LogP contribution is -2.50. The fraction of sp³-hybridized carbons (Fsp3) is 0.273. The summed E-state index contributed by atoms with van der Waals surface area (Å²) in [7, 11) is 0. The van der Waals surface area contributed by atoms with Gasteiger partial charge < -0.3 is 14.4 Å². The lowest BCUT2D eigenvalue weighted by molar-refractivity contribution is -0.274. The predicted molar refractivity (Wildman–Crippen MR) is 156 cm³/mol. The van der Waals surface area contributed by atoms with E-state index in [1.165, 1.54) is 24.3 Å². The Morgan fingerprint density at radius 1 is 0.786 bits per heavy atom. The van der Waals surface area contributed by atoms with Crippen molar-refractivity contribution in [2.45, 2.75) is 32.1 Å². The van der Waals surface area contributed by atoms with E-state index >= 15 is 0 Å². The van der Waals surface area contributed by atoms with Crippen LogP contribution in [0, 0.1) is 5.82 Å². The third-order valence-electron chi connectivity index (χ3n) is 7.93. The lowest BCUT2D eigenvalue weighted by Gasteiger charge is -2.41. The van der Waals surface area contributed by atoms with E-state index in [0.717, 1.165) is 71.2 Å². The lowest BCUT2D eigenvalue weighted by atomic mass is 10.0. The first-order valence-corrected chi connectivity index (χ1v) is 13.9. The monoisotopic (exact) mass is 577 g/mol. The van der Waals surface area contributed by atoms with Crippen LogP contribution < -0.4 is 4.74 Å². The van der Waals surface area contributed by atoms with Crippen LogP contribution >= 0.6 is 0 Å². The van der Waals surface area contributed by atoms with Crippen molar-refractivity contribution < 1.29 is 27.4 Å². The quantitative estimate of drug-likeness (QED) is 0.208. The Kier molecular flexibility index (Phi) is 7.66. The van der Waals surface area contributed by atoms with E-state index in [0.29, 0.717) is 0 Å². The Morgan fingerprint density at radius 2 is 1.43 bits per heavy atom. The Morgan fingerprint density at radius 3 is 2.10 bits per heavy atom. The van der Waals surface area contributed by atoms with Gasteiger partial charge in [-0.05, 0) is 66.1 Å². The number of benzene rings is 4. The number of aliphatic hydroxyl groups excluding tert-OH is 1. The van der Waals surface area contributed by atoms with Crippen LogP contribution in [0.3, 0.4) is 0 Å². The molecule has 0 radical (unpaired) electrons. The van der Waals surface area contributed by atoms with Gasteiger partial charge in [-0.25, -0.2) is 4.39 Å². The van der Waals surface area contributed by atoms with Gasteiger partial charge in [0.15, 0.2) is 0 Å². The fourth-order valence-corrected chi connectivity index (χ4v) is 6.03. The molecule has 4 aromatic carbocycles. The Labute approximate surface area is 241 Å². The van der Waals surface area contributed by atoms with Crippen LogP contribution in [0.1, 0.15) is 18.7 Å². The van der Waals surface area contributed by atoms with Gasteiger partial charge in [0.25, 0.3) is 0 Å². The molecule has 218 valence electrons. The van der Waals surface area contributed by atoms with Crippen molar-refractivity contribution in [1.29, 1.82) is 0 Å². The van der Waals surface area contributed by atoms with Gasteiger partial charge in [-0.1, -0.05) is 48.5 Å². The molecule has 1 aromatic heterocycles. The molecular formula is C33H31F4N3O2. The number of aromatic nitrogens is 1. The number of alkyl halides is 3. The number of ether oxygens (including phenoxy) is 1. The van der Waals surface area contributed by atoms with Gasteiger partial charge in [0.1, 0.15) is 17.7 Å². The minimum atomic E-state index is -4.74. The maximum absolute atomic E-state index is 13.3. The van der Waals surface area contributed by atoms with Gasteiger partial charge in [0, 0.05) is 43.5 Å². The molecule has 1 aliphatic rings. The number of fused-ring (bicyclic) bond motifs is 3. The maximum Gasteiger partial charge on any atom is 0.573 e. The number of para-hydroxylation sites is 1. The van der Waals surface area contributed by atoms with Crippen LogP contribution in [0.4, 0.5) is 17.6 Å². The smallest absolute Gasteiger partial charge is 0.406 e. The first-order chi connectivity index (χ1) is 20.2. The van der Waals surface area contributed by atoms with E-state index in [-0.39, 0.29) is 17.7 Å². The Balaban J connectivity index is 1.30. The molecule has 6 rings (SSSR count). The first kappa shape index (κ1) is 28.2. The predicted octanol–water partition coefficient (Wildman–Crippen LogP) is 7.20. The number of halogens is 4. The second-order valence-corrected chi connectivity index (χ2v) is 10.8. The van der Waals surface area contributed by atoms with E-state index in [9.17, 15) is 22.7 Å². The molecule has 0 bridgehead atoms. The van der Waals surface area contributed by atoms with Crippen LogP contribution in [0.2, 0.25) is 0 Å². The van der Waals surface area contributed by atoms with Crippen LogP contribution in [0.15, 0.2) is 91.0 Å². The molecule has 5 nitrogen and oxygen atoms in total. The molecule has 1 fully saturated rings. The number of aliphatic hydroxyl groups is 1. The van der Waals surface area contributed by atoms with Gasteiger partial charge in [-0.2, -0.15) is 0 Å². The Hall–Kier alpha value is -3.92. The van der Waals surface area contributed by atoms with Crippen molar-refractivity contribution in [3.05, 3.63) is 102 Å². The number of hydrogen-bond donors (Lipinski definition) is 1. The summed E-state index contributed by atoms with van der Waals surface area (Å²) in [5.41, 5.74) is 4.67. The van der Waals surface area contributed by atoms with Gasteiger partial charge >= 0.3 is 6.36 Å². The van der Waals surface area contributed by atoms with Crippen molar-refractivity contribution in [3.63, 3.8) is 0 Å². The van der Waals surface area contributed by atoms with E-state index in [2.05, 4.69) is 31.2 Å². The fourth-order valence-electron chi connectivity index (χ4n) is 6.03. The summed E-state index contributed by atoms with van der Waals surface area (Å²) in [6, 6.07) is 26.6. The highest BCUT2D eigenvalue weighted by Gasteiger charge is 2.32. The highest BCUT2D eigenvalue weighted by molar-refractivity contribution is 6.09. The maximum atomic E-state index is 13.3. The van der Waals surface area contributed by atoms with E-state index in [1.54, 1.807) is 12.1 Å². The highest BCUT2D eigenvalue weighted by Crippen LogP contribution is 2.37. The molecule has 0 aliphatic carbocycles. The molecule has 1 saturated heterocycles. The van der Waals surface area contributed by atoms with Gasteiger partial charge in [0.2, 0.25) is 0 Å². The highest BCUT2D eigenvalue weighted by atomic mass is 19.4. The number of piperazine rings is 1. The molecule has 0 saturated carbocycles. The molecule has 0 amide bonds. The van der Waals surface area contributed by atoms with Gasteiger partial charge in [0.05, 0.1) is 17.1 Å². The van der Waals surface area contributed by atoms with E-state index < -0.39 is 12.5 Å². The number of hydrogen-bond acceptors (Lipinski definition) is 4. The van der Waals surface area contributed by atoms with Crippen LogP contribution in [0.5, 0.6) is 5.75 Å². The topological polar surface area (TPSA) is 40.9 Å². The molecule has 5 aromatic rings. The summed E-state index contributed by atoms with van der Waals surface area (Å²) in [6.07, 6.45) is -5.70. The standard InChI is InChI=1S/C33H31F4N3O2/c1-22(41)32(39-18-16-38(17-19-39)21-23-6-11-26(34)12-7-23)40-30-5-3-2-4-28(30)29-20-25(10-15-31(29)40)24-8-13-27(14-9-24)42-33(35,36)37/h2-15,20,22,32,41H,16-19,21H2,1H3. The van der Waals surface area contributed by atoms with Crippen molar-refractivity contribution >= 4 is 21.8 Å². The zero-order valence-electron chi connectivity index (χ0n) is 23.1. The molecule has 42 heavy (non-hydrogen) atoms. The summed E-state index contributed by atoms with van der Waals surface area (Å²) in [5.74, 6) is -0.503. The molecule has 2 atom stereocenters. The van der Waals surface area contributed by atoms with Crippen molar-refractivity contribution in [1.82, 2.24) is 14.4 Å². The van der Waals surface area contributed by atoms with Gasteiger partial charge in [-0.3, -0.25) is 9.80 Å². The second kappa shape index (κ2) is 11.4. The van der Waals surface area contributed by atoms with E-state index in [4.69, 9.17) is 0 Å². The summed E-state index contributed by atoms with van der Waals surface area (Å²) in [5, 5.41) is 13.2. The molecule has 1 N–H and O–H groups in total. The van der Waals surface area contributed by atoms with Crippen LogP contribution in [-0.4, -0.2) is 58.1 Å². The van der Waals surface area contributed by atoms with E-state index in [1.807, 2.05) is 49.4 Å². The molecule has 0 spiro atoms.